The Kier molecular flexibility index (Phi) is 6.45. The van der Waals surface area contributed by atoms with E-state index in [9.17, 15) is 4.39 Å². The summed E-state index contributed by atoms with van der Waals surface area (Å²) in [4.78, 5) is 0. The molecule has 1 N–H and O–H groups in total. The quantitative estimate of drug-likeness (QED) is 0.748. The topological polar surface area (TPSA) is 39.7 Å². The minimum absolute atomic E-state index is 0.00822. The maximum Gasteiger partial charge on any atom is 0.203 e. The van der Waals surface area contributed by atoms with Crippen LogP contribution < -0.4 is 19.5 Å². The van der Waals surface area contributed by atoms with E-state index < -0.39 is 0 Å². The van der Waals surface area contributed by atoms with Gasteiger partial charge in [0.25, 0.3) is 0 Å². The summed E-state index contributed by atoms with van der Waals surface area (Å²) in [7, 11) is 4.75. The van der Waals surface area contributed by atoms with Crippen molar-refractivity contribution in [2.75, 3.05) is 21.3 Å². The lowest BCUT2D eigenvalue weighted by atomic mass is 10.1. The fourth-order valence-electron chi connectivity index (χ4n) is 2.41. The van der Waals surface area contributed by atoms with Crippen LogP contribution in [-0.2, 0) is 6.54 Å². The highest BCUT2D eigenvalue weighted by Gasteiger charge is 2.16. The molecule has 0 fully saturated rings. The van der Waals surface area contributed by atoms with Crippen molar-refractivity contribution < 1.29 is 18.6 Å². The van der Waals surface area contributed by atoms with Crippen molar-refractivity contribution in [1.29, 1.82) is 0 Å². The highest BCUT2D eigenvalue weighted by Crippen LogP contribution is 2.39. The summed E-state index contributed by atoms with van der Waals surface area (Å²) in [6.45, 7) is 2.55. The second kappa shape index (κ2) is 8.35. The van der Waals surface area contributed by atoms with E-state index in [1.54, 1.807) is 27.4 Å². The minimum atomic E-state index is -0.254. The molecule has 1 unspecified atom stereocenters. The highest BCUT2D eigenvalue weighted by atomic mass is 79.9. The number of halogens is 2. The second-order valence-electron chi connectivity index (χ2n) is 5.30. The Morgan fingerprint density at radius 3 is 2.21 bits per heavy atom. The molecule has 130 valence electrons. The maximum atomic E-state index is 13.4. The van der Waals surface area contributed by atoms with Crippen LogP contribution in [0.2, 0.25) is 0 Å². The van der Waals surface area contributed by atoms with Crippen LogP contribution in [0.15, 0.2) is 34.8 Å². The zero-order valence-electron chi connectivity index (χ0n) is 14.2. The van der Waals surface area contributed by atoms with Crippen molar-refractivity contribution >= 4 is 15.9 Å². The van der Waals surface area contributed by atoms with Gasteiger partial charge < -0.3 is 19.5 Å². The number of hydrogen-bond donors (Lipinski definition) is 1. The first-order valence-electron chi connectivity index (χ1n) is 7.47. The molecule has 1 atom stereocenters. The van der Waals surface area contributed by atoms with Crippen LogP contribution in [0.25, 0.3) is 0 Å². The van der Waals surface area contributed by atoms with Crippen LogP contribution in [0.1, 0.15) is 24.1 Å². The normalized spacial score (nSPS) is 11.9. The molecule has 2 aromatic carbocycles. The van der Waals surface area contributed by atoms with E-state index in [-0.39, 0.29) is 11.9 Å². The molecular weight excluding hydrogens is 377 g/mol. The summed E-state index contributed by atoms with van der Waals surface area (Å²) < 4.78 is 30.3. The summed E-state index contributed by atoms with van der Waals surface area (Å²) in [6.07, 6.45) is 0. The van der Waals surface area contributed by atoms with Gasteiger partial charge in [-0.25, -0.2) is 4.39 Å². The van der Waals surface area contributed by atoms with Crippen molar-refractivity contribution in [2.45, 2.75) is 19.5 Å². The molecule has 24 heavy (non-hydrogen) atoms. The molecule has 0 saturated carbocycles. The van der Waals surface area contributed by atoms with Crippen LogP contribution in [0.5, 0.6) is 17.2 Å². The minimum Gasteiger partial charge on any atom is -0.493 e. The van der Waals surface area contributed by atoms with E-state index in [0.717, 1.165) is 15.6 Å². The first-order chi connectivity index (χ1) is 11.5. The molecule has 4 nitrogen and oxygen atoms in total. The third-order valence-corrected chi connectivity index (χ3v) is 4.57. The third-order valence-electron chi connectivity index (χ3n) is 3.79. The van der Waals surface area contributed by atoms with Gasteiger partial charge >= 0.3 is 0 Å². The summed E-state index contributed by atoms with van der Waals surface area (Å²) in [5.74, 6) is 1.51. The lowest BCUT2D eigenvalue weighted by molar-refractivity contribution is 0.323. The standard InChI is InChI=1S/C18H21BrFNO3/c1-11(21-10-13-7-14(20)5-6-15(13)19)12-8-16(22-2)18(24-4)17(9-12)23-3/h5-9,11,21H,10H2,1-4H3. The molecule has 0 aliphatic carbocycles. The molecule has 0 saturated heterocycles. The maximum absolute atomic E-state index is 13.4. The lowest BCUT2D eigenvalue weighted by Gasteiger charge is -2.19. The first kappa shape index (κ1) is 18.5. The Balaban J connectivity index is 2.20. The Morgan fingerprint density at radius 1 is 1.04 bits per heavy atom. The molecule has 0 aromatic heterocycles. The van der Waals surface area contributed by atoms with E-state index >= 15 is 0 Å². The summed E-state index contributed by atoms with van der Waals surface area (Å²) >= 11 is 3.44. The average Bonchev–Trinajstić information content (AvgIpc) is 2.60. The first-order valence-corrected chi connectivity index (χ1v) is 8.26. The van der Waals surface area contributed by atoms with Crippen LogP contribution in [0, 0.1) is 5.82 Å². The van der Waals surface area contributed by atoms with E-state index in [1.807, 2.05) is 19.1 Å². The van der Waals surface area contributed by atoms with E-state index in [2.05, 4.69) is 21.2 Å². The fourth-order valence-corrected chi connectivity index (χ4v) is 2.80. The predicted molar refractivity (Wildman–Crippen MR) is 95.5 cm³/mol. The molecule has 0 amide bonds. The number of ether oxygens (including phenoxy) is 3. The Labute approximate surface area is 150 Å². The van der Waals surface area contributed by atoms with Gasteiger partial charge in [-0.1, -0.05) is 15.9 Å². The van der Waals surface area contributed by atoms with Crippen LogP contribution in [0.3, 0.4) is 0 Å². The van der Waals surface area contributed by atoms with Crippen molar-refractivity contribution in [3.63, 3.8) is 0 Å². The molecule has 0 heterocycles. The fraction of sp³-hybridized carbons (Fsp3) is 0.333. The number of benzene rings is 2. The van der Waals surface area contributed by atoms with Crippen molar-refractivity contribution in [3.8, 4) is 17.2 Å². The van der Waals surface area contributed by atoms with Gasteiger partial charge in [0.15, 0.2) is 11.5 Å². The van der Waals surface area contributed by atoms with E-state index in [4.69, 9.17) is 14.2 Å². The van der Waals surface area contributed by atoms with Crippen LogP contribution >= 0.6 is 15.9 Å². The summed E-state index contributed by atoms with van der Waals surface area (Å²) in [5.41, 5.74) is 1.84. The number of rotatable bonds is 7. The zero-order chi connectivity index (χ0) is 17.7. The number of methoxy groups -OCH3 is 3. The van der Waals surface area contributed by atoms with E-state index in [1.165, 1.54) is 12.1 Å². The lowest BCUT2D eigenvalue weighted by Crippen LogP contribution is -2.18. The molecule has 2 rings (SSSR count). The Morgan fingerprint density at radius 2 is 1.67 bits per heavy atom. The van der Waals surface area contributed by atoms with Gasteiger partial charge in [0.05, 0.1) is 21.3 Å². The van der Waals surface area contributed by atoms with Gasteiger partial charge in [0.1, 0.15) is 5.82 Å². The van der Waals surface area contributed by atoms with E-state index in [0.29, 0.717) is 23.8 Å². The van der Waals surface area contributed by atoms with Gasteiger partial charge in [-0.05, 0) is 48.4 Å². The van der Waals surface area contributed by atoms with Gasteiger partial charge in [0, 0.05) is 17.1 Å². The van der Waals surface area contributed by atoms with Crippen molar-refractivity contribution in [3.05, 3.63) is 51.7 Å². The molecule has 0 spiro atoms. The van der Waals surface area contributed by atoms with Gasteiger partial charge in [-0.15, -0.1) is 0 Å². The molecule has 0 aliphatic heterocycles. The smallest absolute Gasteiger partial charge is 0.203 e. The molecular formula is C18H21BrFNO3. The average molecular weight is 398 g/mol. The zero-order valence-corrected chi connectivity index (χ0v) is 15.7. The third kappa shape index (κ3) is 4.19. The van der Waals surface area contributed by atoms with Gasteiger partial charge in [0.2, 0.25) is 5.75 Å². The van der Waals surface area contributed by atoms with Gasteiger partial charge in [-0.2, -0.15) is 0 Å². The monoisotopic (exact) mass is 397 g/mol. The molecule has 2 aromatic rings. The second-order valence-corrected chi connectivity index (χ2v) is 6.15. The highest BCUT2D eigenvalue weighted by molar-refractivity contribution is 9.10. The Bertz CT molecular complexity index is 684. The molecule has 0 radical (unpaired) electrons. The molecule has 0 bridgehead atoms. The summed E-state index contributed by atoms with van der Waals surface area (Å²) in [5, 5.41) is 3.37. The van der Waals surface area contributed by atoms with Gasteiger partial charge in [-0.3, -0.25) is 0 Å². The molecule has 0 aliphatic rings. The number of hydrogen-bond acceptors (Lipinski definition) is 4. The Hall–Kier alpha value is -1.79. The molecule has 6 heteroatoms. The predicted octanol–water partition coefficient (Wildman–Crippen LogP) is 4.46. The number of nitrogens with one attached hydrogen (secondary N) is 1. The summed E-state index contributed by atoms with van der Waals surface area (Å²) in [6, 6.07) is 8.46. The van der Waals surface area contributed by atoms with Crippen molar-refractivity contribution in [1.82, 2.24) is 5.32 Å². The SMILES string of the molecule is COc1cc(C(C)NCc2cc(F)ccc2Br)cc(OC)c1OC. The van der Waals surface area contributed by atoms with Crippen molar-refractivity contribution in [2.24, 2.45) is 0 Å². The van der Waals surface area contributed by atoms with Crippen LogP contribution in [-0.4, -0.2) is 21.3 Å². The largest absolute Gasteiger partial charge is 0.493 e. The van der Waals surface area contributed by atoms with Crippen LogP contribution in [0.4, 0.5) is 4.39 Å².